The zero-order valence-electron chi connectivity index (χ0n) is 11.9. The smallest absolute Gasteiger partial charge is 0.0469 e. The fraction of sp³-hybridized carbons (Fsp3) is 1.00. The summed E-state index contributed by atoms with van der Waals surface area (Å²) in [6.07, 6.45) is 3.81. The van der Waals surface area contributed by atoms with Crippen molar-refractivity contribution in [1.29, 1.82) is 0 Å². The van der Waals surface area contributed by atoms with Gasteiger partial charge in [-0.3, -0.25) is 0 Å². The van der Waals surface area contributed by atoms with E-state index in [-0.39, 0.29) is 0 Å². The van der Waals surface area contributed by atoms with Crippen LogP contribution in [0.2, 0.25) is 0 Å². The molecule has 2 heterocycles. The Kier molecular flexibility index (Phi) is 6.41. The van der Waals surface area contributed by atoms with Crippen molar-refractivity contribution >= 4 is 0 Å². The average molecular weight is 255 g/mol. The highest BCUT2D eigenvalue weighted by atomic mass is 16.5. The molecule has 0 aromatic heterocycles. The van der Waals surface area contributed by atoms with Gasteiger partial charge in [-0.25, -0.2) is 0 Å². The second-order valence-corrected chi connectivity index (χ2v) is 5.76. The molecule has 106 valence electrons. The monoisotopic (exact) mass is 255 g/mol. The lowest BCUT2D eigenvalue weighted by atomic mass is 10.00. The number of piperazine rings is 1. The van der Waals surface area contributed by atoms with Crippen molar-refractivity contribution in [2.45, 2.75) is 19.3 Å². The number of hydrogen-bond acceptors (Lipinski definition) is 4. The molecule has 0 aromatic rings. The third-order valence-corrected chi connectivity index (χ3v) is 4.13. The van der Waals surface area contributed by atoms with Crippen LogP contribution in [-0.2, 0) is 4.74 Å². The summed E-state index contributed by atoms with van der Waals surface area (Å²) < 4.78 is 5.41. The van der Waals surface area contributed by atoms with E-state index < -0.39 is 0 Å². The van der Waals surface area contributed by atoms with Crippen LogP contribution in [0.25, 0.3) is 0 Å². The Morgan fingerprint density at radius 2 is 1.94 bits per heavy atom. The lowest BCUT2D eigenvalue weighted by molar-refractivity contribution is 0.0552. The molecule has 0 spiro atoms. The molecular weight excluding hydrogens is 226 g/mol. The summed E-state index contributed by atoms with van der Waals surface area (Å²) in [5.41, 5.74) is 0. The molecule has 0 aromatic carbocycles. The predicted molar refractivity (Wildman–Crippen MR) is 75.0 cm³/mol. The first-order valence-corrected chi connectivity index (χ1v) is 7.54. The normalized spacial score (nSPS) is 23.7. The topological polar surface area (TPSA) is 27.7 Å². The molecule has 1 N–H and O–H groups in total. The fourth-order valence-electron chi connectivity index (χ4n) is 2.96. The Morgan fingerprint density at radius 1 is 1.22 bits per heavy atom. The van der Waals surface area contributed by atoms with Gasteiger partial charge in [-0.15, -0.1) is 0 Å². The van der Waals surface area contributed by atoms with Gasteiger partial charge in [0.1, 0.15) is 0 Å². The van der Waals surface area contributed by atoms with E-state index in [4.69, 9.17) is 4.74 Å². The number of nitrogens with zero attached hydrogens (tertiary/aromatic N) is 2. The van der Waals surface area contributed by atoms with Crippen molar-refractivity contribution < 1.29 is 4.74 Å². The van der Waals surface area contributed by atoms with Gasteiger partial charge in [0.25, 0.3) is 0 Å². The van der Waals surface area contributed by atoms with Gasteiger partial charge in [-0.05, 0) is 45.3 Å². The van der Waals surface area contributed by atoms with Gasteiger partial charge < -0.3 is 19.9 Å². The van der Waals surface area contributed by atoms with Crippen LogP contribution in [0.4, 0.5) is 0 Å². The molecule has 4 heteroatoms. The first-order valence-electron chi connectivity index (χ1n) is 7.54. The number of rotatable bonds is 6. The Balaban J connectivity index is 1.52. The molecule has 0 atom stereocenters. The molecule has 0 amide bonds. The summed E-state index contributed by atoms with van der Waals surface area (Å²) >= 11 is 0. The molecule has 2 aliphatic heterocycles. The molecule has 0 bridgehead atoms. The highest BCUT2D eigenvalue weighted by Gasteiger charge is 2.15. The summed E-state index contributed by atoms with van der Waals surface area (Å²) in [7, 11) is 2.27. The minimum atomic E-state index is 0.864. The van der Waals surface area contributed by atoms with Gasteiger partial charge in [0.2, 0.25) is 0 Å². The molecule has 0 aliphatic carbocycles. The van der Waals surface area contributed by atoms with Crippen LogP contribution in [0.1, 0.15) is 19.3 Å². The van der Waals surface area contributed by atoms with Crippen LogP contribution >= 0.6 is 0 Å². The largest absolute Gasteiger partial charge is 0.381 e. The molecule has 2 saturated heterocycles. The minimum Gasteiger partial charge on any atom is -0.381 e. The number of nitrogens with one attached hydrogen (secondary N) is 1. The highest BCUT2D eigenvalue weighted by Crippen LogP contribution is 2.15. The van der Waals surface area contributed by atoms with Crippen LogP contribution in [0.3, 0.4) is 0 Å². The minimum absolute atomic E-state index is 0.864. The van der Waals surface area contributed by atoms with Gasteiger partial charge in [0.15, 0.2) is 0 Å². The van der Waals surface area contributed by atoms with Gasteiger partial charge in [0.05, 0.1) is 0 Å². The summed E-state index contributed by atoms with van der Waals surface area (Å²) in [5.74, 6) is 0.864. The average Bonchev–Trinajstić information content (AvgIpc) is 2.41. The molecule has 2 aliphatic rings. The quantitative estimate of drug-likeness (QED) is 0.754. The van der Waals surface area contributed by atoms with E-state index in [1.165, 1.54) is 52.0 Å². The molecule has 4 nitrogen and oxygen atoms in total. The first kappa shape index (κ1) is 14.3. The zero-order chi connectivity index (χ0) is 12.6. The lowest BCUT2D eigenvalue weighted by Crippen LogP contribution is -2.44. The van der Waals surface area contributed by atoms with Crippen LogP contribution in [0.15, 0.2) is 0 Å². The zero-order valence-corrected chi connectivity index (χ0v) is 11.9. The van der Waals surface area contributed by atoms with Crippen LogP contribution in [0.5, 0.6) is 0 Å². The second-order valence-electron chi connectivity index (χ2n) is 5.76. The second kappa shape index (κ2) is 8.10. The molecule has 18 heavy (non-hydrogen) atoms. The van der Waals surface area contributed by atoms with E-state index in [2.05, 4.69) is 22.2 Å². The predicted octanol–water partition coefficient (Wildman–Crippen LogP) is 0.640. The van der Waals surface area contributed by atoms with E-state index in [1.54, 1.807) is 0 Å². The summed E-state index contributed by atoms with van der Waals surface area (Å²) in [4.78, 5) is 5.09. The van der Waals surface area contributed by atoms with E-state index in [1.807, 2.05) is 0 Å². The maximum absolute atomic E-state index is 5.41. The maximum atomic E-state index is 5.41. The first-order chi connectivity index (χ1) is 8.84. The van der Waals surface area contributed by atoms with Crippen LogP contribution in [0, 0.1) is 5.92 Å². The molecule has 0 radical (unpaired) electrons. The standard InChI is InChI=1S/C14H29N3O/c1-16(13-14-3-11-18-12-4-14)7-2-8-17-9-5-15-6-10-17/h14-15H,2-13H2,1H3. The molecule has 2 fully saturated rings. The summed E-state index contributed by atoms with van der Waals surface area (Å²) in [6, 6.07) is 0. The summed E-state index contributed by atoms with van der Waals surface area (Å²) in [5, 5.41) is 3.40. The Morgan fingerprint density at radius 3 is 2.67 bits per heavy atom. The Hall–Kier alpha value is -0.160. The molecular formula is C14H29N3O. The van der Waals surface area contributed by atoms with Gasteiger partial charge >= 0.3 is 0 Å². The lowest BCUT2D eigenvalue weighted by Gasteiger charge is -2.29. The molecule has 0 unspecified atom stereocenters. The highest BCUT2D eigenvalue weighted by molar-refractivity contribution is 4.70. The van der Waals surface area contributed by atoms with Gasteiger partial charge in [-0.2, -0.15) is 0 Å². The van der Waals surface area contributed by atoms with Crippen LogP contribution < -0.4 is 5.32 Å². The maximum Gasteiger partial charge on any atom is 0.0469 e. The van der Waals surface area contributed by atoms with Crippen molar-refractivity contribution in [1.82, 2.24) is 15.1 Å². The number of ether oxygens (including phenoxy) is 1. The van der Waals surface area contributed by atoms with Crippen molar-refractivity contribution in [3.05, 3.63) is 0 Å². The number of hydrogen-bond donors (Lipinski definition) is 1. The van der Waals surface area contributed by atoms with E-state index in [0.29, 0.717) is 0 Å². The molecule has 2 rings (SSSR count). The van der Waals surface area contributed by atoms with Crippen LogP contribution in [-0.4, -0.2) is 75.9 Å². The van der Waals surface area contributed by atoms with Gasteiger partial charge in [-0.1, -0.05) is 0 Å². The summed E-state index contributed by atoms with van der Waals surface area (Å²) in [6.45, 7) is 10.5. The third kappa shape index (κ3) is 5.22. The van der Waals surface area contributed by atoms with E-state index in [0.717, 1.165) is 32.2 Å². The SMILES string of the molecule is CN(CCCN1CCNCC1)CC1CCOCC1. The fourth-order valence-corrected chi connectivity index (χ4v) is 2.96. The Bertz CT molecular complexity index is 213. The van der Waals surface area contributed by atoms with Crippen molar-refractivity contribution in [3.63, 3.8) is 0 Å². The van der Waals surface area contributed by atoms with Crippen molar-refractivity contribution in [2.75, 3.05) is 66.1 Å². The van der Waals surface area contributed by atoms with Gasteiger partial charge in [0, 0.05) is 45.9 Å². The van der Waals surface area contributed by atoms with Crippen molar-refractivity contribution in [2.24, 2.45) is 5.92 Å². The van der Waals surface area contributed by atoms with E-state index >= 15 is 0 Å². The molecule has 0 saturated carbocycles. The van der Waals surface area contributed by atoms with E-state index in [9.17, 15) is 0 Å². The van der Waals surface area contributed by atoms with Crippen molar-refractivity contribution in [3.8, 4) is 0 Å². The third-order valence-electron chi connectivity index (χ3n) is 4.13. The Labute approximate surface area is 112 Å².